The van der Waals surface area contributed by atoms with Gasteiger partial charge in [0.15, 0.2) is 0 Å². The zero-order valence-corrected chi connectivity index (χ0v) is 18.3. The van der Waals surface area contributed by atoms with Crippen molar-refractivity contribution in [2.45, 2.75) is 105 Å². The first-order valence-corrected chi connectivity index (χ1v) is 12.3. The second-order valence-corrected chi connectivity index (χ2v) is 12.6. The van der Waals surface area contributed by atoms with Crippen molar-refractivity contribution in [2.75, 3.05) is 0 Å². The van der Waals surface area contributed by atoms with Gasteiger partial charge in [-0.3, -0.25) is 0 Å². The molecule has 0 heteroatoms. The Hall–Kier alpha value is 0. The molecule has 5 saturated carbocycles. The molecular formula is C26H44. The van der Waals surface area contributed by atoms with E-state index in [-0.39, 0.29) is 0 Å². The quantitative estimate of drug-likeness (QED) is 0.475. The number of rotatable bonds is 2. The van der Waals surface area contributed by atoms with E-state index in [1.807, 2.05) is 0 Å². The average Bonchev–Trinajstić information content (AvgIpc) is 3.37. The maximum atomic E-state index is 2.79. The molecule has 0 amide bonds. The Kier molecular flexibility index (Phi) is 4.00. The minimum Gasteiger partial charge on any atom is -0.0625 e. The molecule has 0 radical (unpaired) electrons. The van der Waals surface area contributed by atoms with Gasteiger partial charge in [-0.1, -0.05) is 41.0 Å². The van der Waals surface area contributed by atoms with E-state index >= 15 is 0 Å². The molecule has 8 unspecified atom stereocenters. The normalized spacial score (nSPS) is 56.8. The lowest BCUT2D eigenvalue weighted by Gasteiger charge is -2.66. The zero-order chi connectivity index (χ0) is 18.3. The van der Waals surface area contributed by atoms with E-state index in [2.05, 4.69) is 34.6 Å². The Morgan fingerprint density at radius 3 is 2.19 bits per heavy atom. The predicted molar refractivity (Wildman–Crippen MR) is 111 cm³/mol. The van der Waals surface area contributed by atoms with Crippen molar-refractivity contribution in [1.29, 1.82) is 0 Å². The van der Waals surface area contributed by atoms with Crippen molar-refractivity contribution >= 4 is 0 Å². The fourth-order valence-corrected chi connectivity index (χ4v) is 10.3. The van der Waals surface area contributed by atoms with Crippen molar-refractivity contribution in [1.82, 2.24) is 0 Å². The smallest absolute Gasteiger partial charge is 0.0235 e. The van der Waals surface area contributed by atoms with Crippen molar-refractivity contribution in [3.05, 3.63) is 0 Å². The third kappa shape index (κ3) is 2.26. The molecule has 0 aromatic carbocycles. The minimum atomic E-state index is 0.654. The standard InChI is InChI=1S/C26H44/c1-17(2)20-10-11-23-24(20,4)13-12-21-22-9-6-18(3)16-26(22,19-7-8-19)15-14-25(21,23)5/h17-23H,6-16H2,1-5H3. The summed E-state index contributed by atoms with van der Waals surface area (Å²) in [4.78, 5) is 0. The van der Waals surface area contributed by atoms with Crippen LogP contribution in [0, 0.1) is 57.7 Å². The first-order valence-electron chi connectivity index (χ1n) is 12.3. The summed E-state index contributed by atoms with van der Waals surface area (Å²) in [6, 6.07) is 0. The zero-order valence-electron chi connectivity index (χ0n) is 18.3. The summed E-state index contributed by atoms with van der Waals surface area (Å²) in [5.41, 5.74) is 2.10. The van der Waals surface area contributed by atoms with Gasteiger partial charge in [-0.15, -0.1) is 0 Å². The summed E-state index contributed by atoms with van der Waals surface area (Å²) < 4.78 is 0. The third-order valence-electron chi connectivity index (χ3n) is 11.3. The molecule has 0 bridgehead atoms. The Bertz CT molecular complexity index is 558. The van der Waals surface area contributed by atoms with Crippen molar-refractivity contribution < 1.29 is 0 Å². The fraction of sp³-hybridized carbons (Fsp3) is 1.00. The maximum absolute atomic E-state index is 2.79. The van der Waals surface area contributed by atoms with Crippen molar-refractivity contribution in [3.8, 4) is 0 Å². The molecule has 5 fully saturated rings. The molecule has 26 heavy (non-hydrogen) atoms. The molecule has 0 aromatic heterocycles. The average molecular weight is 357 g/mol. The van der Waals surface area contributed by atoms with Gasteiger partial charge in [0.05, 0.1) is 0 Å². The van der Waals surface area contributed by atoms with Crippen LogP contribution in [0.1, 0.15) is 105 Å². The monoisotopic (exact) mass is 356 g/mol. The predicted octanol–water partition coefficient (Wildman–Crippen LogP) is 7.72. The van der Waals surface area contributed by atoms with Gasteiger partial charge < -0.3 is 0 Å². The van der Waals surface area contributed by atoms with Gasteiger partial charge in [0.1, 0.15) is 0 Å². The summed E-state index contributed by atoms with van der Waals surface area (Å²) in [6.07, 6.45) is 17.2. The van der Waals surface area contributed by atoms with E-state index in [1.54, 1.807) is 57.8 Å². The Morgan fingerprint density at radius 1 is 0.731 bits per heavy atom. The second kappa shape index (κ2) is 5.76. The van der Waals surface area contributed by atoms with Gasteiger partial charge in [-0.05, 0) is 122 Å². The third-order valence-corrected chi connectivity index (χ3v) is 11.3. The van der Waals surface area contributed by atoms with Gasteiger partial charge in [0, 0.05) is 0 Å². The largest absolute Gasteiger partial charge is 0.0625 e. The summed E-state index contributed by atoms with van der Waals surface area (Å²) in [7, 11) is 0. The van der Waals surface area contributed by atoms with E-state index in [0.717, 1.165) is 46.8 Å². The lowest BCUT2D eigenvalue weighted by molar-refractivity contribution is -0.168. The van der Waals surface area contributed by atoms with Gasteiger partial charge in [-0.25, -0.2) is 0 Å². The van der Waals surface area contributed by atoms with Crippen LogP contribution in [0.2, 0.25) is 0 Å². The molecule has 0 nitrogen and oxygen atoms in total. The molecule has 5 aliphatic carbocycles. The SMILES string of the molecule is CC1CCC2C3CCC4(C)C(C(C)C)CCC4C3(C)CCC2(C2CC2)C1. The summed E-state index contributed by atoms with van der Waals surface area (Å²) in [5, 5.41) is 0. The van der Waals surface area contributed by atoms with Crippen LogP contribution in [0.5, 0.6) is 0 Å². The number of hydrogen-bond acceptors (Lipinski definition) is 0. The highest BCUT2D eigenvalue weighted by Gasteiger charge is 2.66. The molecule has 148 valence electrons. The summed E-state index contributed by atoms with van der Waals surface area (Å²) in [6.45, 7) is 13.1. The molecule has 5 aliphatic rings. The van der Waals surface area contributed by atoms with E-state index < -0.39 is 0 Å². The van der Waals surface area contributed by atoms with Gasteiger partial charge in [-0.2, -0.15) is 0 Å². The lowest BCUT2D eigenvalue weighted by Crippen LogP contribution is -2.58. The number of fused-ring (bicyclic) bond motifs is 5. The van der Waals surface area contributed by atoms with E-state index in [1.165, 1.54) is 12.8 Å². The van der Waals surface area contributed by atoms with Gasteiger partial charge in [0.25, 0.3) is 0 Å². The molecule has 5 rings (SSSR count). The molecule has 0 N–H and O–H groups in total. The van der Waals surface area contributed by atoms with E-state index in [4.69, 9.17) is 0 Å². The molecule has 8 atom stereocenters. The van der Waals surface area contributed by atoms with E-state index in [9.17, 15) is 0 Å². The first kappa shape index (κ1) is 18.1. The van der Waals surface area contributed by atoms with Gasteiger partial charge in [0.2, 0.25) is 0 Å². The van der Waals surface area contributed by atoms with Crippen LogP contribution in [-0.2, 0) is 0 Å². The fourth-order valence-electron chi connectivity index (χ4n) is 10.3. The van der Waals surface area contributed by atoms with Crippen molar-refractivity contribution in [2.24, 2.45) is 57.7 Å². The Labute approximate surface area is 163 Å². The number of hydrogen-bond donors (Lipinski definition) is 0. The highest BCUT2D eigenvalue weighted by molar-refractivity contribution is 5.15. The lowest BCUT2D eigenvalue weighted by atomic mass is 9.39. The van der Waals surface area contributed by atoms with E-state index in [0.29, 0.717) is 10.8 Å². The Balaban J connectivity index is 1.49. The van der Waals surface area contributed by atoms with Crippen LogP contribution in [-0.4, -0.2) is 0 Å². The molecule has 0 aliphatic heterocycles. The highest BCUT2D eigenvalue weighted by Crippen LogP contribution is 2.74. The maximum Gasteiger partial charge on any atom is -0.0235 e. The van der Waals surface area contributed by atoms with Crippen molar-refractivity contribution in [3.63, 3.8) is 0 Å². The van der Waals surface area contributed by atoms with Crippen LogP contribution in [0.15, 0.2) is 0 Å². The van der Waals surface area contributed by atoms with Crippen LogP contribution in [0.3, 0.4) is 0 Å². The van der Waals surface area contributed by atoms with Crippen LogP contribution < -0.4 is 0 Å². The Morgan fingerprint density at radius 2 is 1.50 bits per heavy atom. The molecule has 0 aromatic rings. The highest BCUT2D eigenvalue weighted by atomic mass is 14.7. The summed E-state index contributed by atoms with van der Waals surface area (Å²) in [5.74, 6) is 7.18. The van der Waals surface area contributed by atoms with Crippen LogP contribution in [0.4, 0.5) is 0 Å². The molecule has 0 spiro atoms. The summed E-state index contributed by atoms with van der Waals surface area (Å²) >= 11 is 0. The minimum absolute atomic E-state index is 0.654. The molecule has 0 saturated heterocycles. The van der Waals surface area contributed by atoms with Gasteiger partial charge >= 0.3 is 0 Å². The topological polar surface area (TPSA) is 0 Å². The van der Waals surface area contributed by atoms with Crippen LogP contribution >= 0.6 is 0 Å². The second-order valence-electron chi connectivity index (χ2n) is 12.6. The molecule has 0 heterocycles. The first-order chi connectivity index (χ1) is 12.3. The van der Waals surface area contributed by atoms with Crippen LogP contribution in [0.25, 0.3) is 0 Å². The molecular weight excluding hydrogens is 312 g/mol.